The highest BCUT2D eigenvalue weighted by Gasteiger charge is 2.18. The number of aromatic nitrogens is 6. The Labute approximate surface area is 176 Å². The van der Waals surface area contributed by atoms with Gasteiger partial charge in [0.05, 0.1) is 5.69 Å². The van der Waals surface area contributed by atoms with E-state index in [1.807, 2.05) is 43.5 Å². The molecular weight excluding hydrogens is 397 g/mol. The Bertz CT molecular complexity index is 1410. The summed E-state index contributed by atoms with van der Waals surface area (Å²) < 4.78 is 16.4. The number of aryl methyl sites for hydroxylation is 1. The Balaban J connectivity index is 1.59. The molecule has 31 heavy (non-hydrogen) atoms. The first-order valence-electron chi connectivity index (χ1n) is 9.48. The van der Waals surface area contributed by atoms with Crippen LogP contribution in [0.25, 0.3) is 22.7 Å². The molecule has 4 heterocycles. The predicted octanol–water partition coefficient (Wildman–Crippen LogP) is 3.68. The van der Waals surface area contributed by atoms with Crippen LogP contribution in [0.5, 0.6) is 0 Å². The Morgan fingerprint density at radius 1 is 1.06 bits per heavy atom. The molecule has 1 aromatic carbocycles. The van der Waals surface area contributed by atoms with Gasteiger partial charge in [0.25, 0.3) is 5.91 Å². The summed E-state index contributed by atoms with van der Waals surface area (Å²) in [6, 6.07) is 16.5. The van der Waals surface area contributed by atoms with Crippen LogP contribution in [-0.2, 0) is 0 Å². The molecule has 4 aromatic heterocycles. The number of nitrogens with zero attached hydrogens (tertiary/aromatic N) is 6. The topological polar surface area (TPSA) is 90.0 Å². The fourth-order valence-corrected chi connectivity index (χ4v) is 3.22. The molecule has 8 nitrogen and oxygen atoms in total. The number of fused-ring (bicyclic) bond motifs is 1. The lowest BCUT2D eigenvalue weighted by Gasteiger charge is -2.07. The monoisotopic (exact) mass is 413 g/mol. The average Bonchev–Trinajstić information content (AvgIpc) is 3.42. The number of carbonyl (C=O) groups excluding carboxylic acids is 1. The summed E-state index contributed by atoms with van der Waals surface area (Å²) in [4.78, 5) is 21.5. The molecule has 1 N–H and O–H groups in total. The maximum absolute atomic E-state index is 13.2. The molecule has 0 saturated heterocycles. The van der Waals surface area contributed by atoms with Gasteiger partial charge in [-0.05, 0) is 61.5 Å². The van der Waals surface area contributed by atoms with Crippen molar-refractivity contribution in [2.75, 3.05) is 5.32 Å². The van der Waals surface area contributed by atoms with Gasteiger partial charge in [0.1, 0.15) is 12.1 Å². The number of hydrogen-bond acceptors (Lipinski definition) is 5. The van der Waals surface area contributed by atoms with Crippen molar-refractivity contribution in [3.05, 3.63) is 90.4 Å². The van der Waals surface area contributed by atoms with Crippen molar-refractivity contribution in [1.29, 1.82) is 0 Å². The Kier molecular flexibility index (Phi) is 4.47. The van der Waals surface area contributed by atoms with Crippen LogP contribution in [0.3, 0.4) is 0 Å². The average molecular weight is 413 g/mol. The first-order chi connectivity index (χ1) is 15.1. The first kappa shape index (κ1) is 18.6. The molecule has 0 fully saturated rings. The molecule has 0 aliphatic rings. The third-order valence-electron chi connectivity index (χ3n) is 4.70. The van der Waals surface area contributed by atoms with E-state index in [9.17, 15) is 9.18 Å². The summed E-state index contributed by atoms with van der Waals surface area (Å²) in [6.07, 6.45) is 3.29. The van der Waals surface area contributed by atoms with Gasteiger partial charge < -0.3 is 5.32 Å². The molecule has 1 amide bonds. The molecule has 0 atom stereocenters. The second-order valence-corrected chi connectivity index (χ2v) is 6.91. The lowest BCUT2D eigenvalue weighted by Crippen LogP contribution is -2.13. The molecule has 0 radical (unpaired) electrons. The van der Waals surface area contributed by atoms with Crippen molar-refractivity contribution in [3.63, 3.8) is 0 Å². The van der Waals surface area contributed by atoms with E-state index in [1.165, 1.54) is 30.6 Å². The minimum Gasteiger partial charge on any atom is -0.321 e. The summed E-state index contributed by atoms with van der Waals surface area (Å²) in [7, 11) is 0. The summed E-state index contributed by atoms with van der Waals surface area (Å²) in [5, 5.41) is 11.4. The number of pyridine rings is 2. The van der Waals surface area contributed by atoms with E-state index in [-0.39, 0.29) is 11.5 Å². The van der Waals surface area contributed by atoms with Crippen LogP contribution in [0, 0.1) is 12.7 Å². The van der Waals surface area contributed by atoms with Gasteiger partial charge in [-0.1, -0.05) is 6.07 Å². The normalized spacial score (nSPS) is 11.0. The number of amides is 1. The van der Waals surface area contributed by atoms with E-state index in [0.717, 1.165) is 11.3 Å². The highest BCUT2D eigenvalue weighted by atomic mass is 19.1. The molecule has 5 aromatic rings. The van der Waals surface area contributed by atoms with E-state index in [4.69, 9.17) is 0 Å². The van der Waals surface area contributed by atoms with Crippen molar-refractivity contribution in [3.8, 4) is 17.1 Å². The second kappa shape index (κ2) is 7.45. The zero-order chi connectivity index (χ0) is 21.4. The van der Waals surface area contributed by atoms with Gasteiger partial charge in [-0.3, -0.25) is 4.79 Å². The maximum Gasteiger partial charge on any atom is 0.276 e. The van der Waals surface area contributed by atoms with Crippen LogP contribution in [0.1, 0.15) is 16.2 Å². The minimum atomic E-state index is -0.416. The molecule has 0 aliphatic heterocycles. The number of benzene rings is 1. The van der Waals surface area contributed by atoms with Crippen molar-refractivity contribution < 1.29 is 9.18 Å². The zero-order valence-electron chi connectivity index (χ0n) is 16.4. The fourth-order valence-electron chi connectivity index (χ4n) is 3.22. The molecule has 0 bridgehead atoms. The molecule has 0 saturated carbocycles. The van der Waals surface area contributed by atoms with Crippen LogP contribution in [-0.4, -0.2) is 35.3 Å². The first-order valence-corrected chi connectivity index (χ1v) is 9.48. The van der Waals surface area contributed by atoms with Crippen molar-refractivity contribution >= 4 is 17.2 Å². The third kappa shape index (κ3) is 3.64. The number of anilines is 1. The van der Waals surface area contributed by atoms with Gasteiger partial charge in [-0.25, -0.2) is 23.6 Å². The third-order valence-corrected chi connectivity index (χ3v) is 4.70. The summed E-state index contributed by atoms with van der Waals surface area (Å²) >= 11 is 0. The van der Waals surface area contributed by atoms with Gasteiger partial charge in [-0.2, -0.15) is 10.2 Å². The highest BCUT2D eigenvalue weighted by molar-refractivity contribution is 6.03. The van der Waals surface area contributed by atoms with Crippen molar-refractivity contribution in [2.24, 2.45) is 0 Å². The van der Waals surface area contributed by atoms with Gasteiger partial charge in [0, 0.05) is 23.1 Å². The molecule has 0 aliphatic carbocycles. The quantitative estimate of drug-likeness (QED) is 0.485. The largest absolute Gasteiger partial charge is 0.321 e. The predicted molar refractivity (Wildman–Crippen MR) is 112 cm³/mol. The van der Waals surface area contributed by atoms with Gasteiger partial charge >= 0.3 is 0 Å². The number of carbonyl (C=O) groups is 1. The summed E-state index contributed by atoms with van der Waals surface area (Å²) in [5.74, 6) is -0.214. The van der Waals surface area contributed by atoms with E-state index >= 15 is 0 Å². The molecule has 0 spiro atoms. The van der Waals surface area contributed by atoms with Gasteiger partial charge in [-0.15, -0.1) is 0 Å². The Morgan fingerprint density at radius 2 is 1.90 bits per heavy atom. The van der Waals surface area contributed by atoms with Gasteiger partial charge in [0.2, 0.25) is 0 Å². The van der Waals surface area contributed by atoms with Crippen LogP contribution >= 0.6 is 0 Å². The van der Waals surface area contributed by atoms with Crippen LogP contribution in [0.4, 0.5) is 10.1 Å². The fraction of sp³-hybridized carbons (Fsp3) is 0.0455. The molecule has 0 unspecified atom stereocenters. The number of rotatable bonds is 4. The maximum atomic E-state index is 13.2. The molecular formula is C22H16FN7O. The minimum absolute atomic E-state index is 0.196. The molecule has 9 heteroatoms. The highest BCUT2D eigenvalue weighted by Crippen LogP contribution is 2.24. The van der Waals surface area contributed by atoms with E-state index in [2.05, 4.69) is 25.5 Å². The van der Waals surface area contributed by atoms with E-state index in [1.54, 1.807) is 15.3 Å². The summed E-state index contributed by atoms with van der Waals surface area (Å²) in [6.45, 7) is 1.89. The number of nitrogens with one attached hydrogen (secondary N) is 1. The lowest BCUT2D eigenvalue weighted by molar-refractivity contribution is 0.102. The molecule has 152 valence electrons. The van der Waals surface area contributed by atoms with Crippen molar-refractivity contribution in [1.82, 2.24) is 29.4 Å². The Hall–Kier alpha value is -4.40. The van der Waals surface area contributed by atoms with Crippen LogP contribution in [0.2, 0.25) is 0 Å². The lowest BCUT2D eigenvalue weighted by atomic mass is 10.2. The van der Waals surface area contributed by atoms with Crippen molar-refractivity contribution in [2.45, 2.75) is 6.92 Å². The SMILES string of the molecule is Cc1cccc(-n2nc(C(=O)Nc3ccc(F)cc3)cc2-c2ccc3ncnn3c2)n1. The zero-order valence-corrected chi connectivity index (χ0v) is 16.4. The van der Waals surface area contributed by atoms with Crippen LogP contribution < -0.4 is 5.32 Å². The number of halogens is 1. The van der Waals surface area contributed by atoms with Crippen LogP contribution in [0.15, 0.2) is 73.2 Å². The standard InChI is InChI=1S/C22H16FN7O/c1-14-3-2-4-21(26-14)30-19(15-5-10-20-24-13-25-29(20)12-15)11-18(28-30)22(31)27-17-8-6-16(23)7-9-17/h2-13H,1H3,(H,27,31). The van der Waals surface area contributed by atoms with E-state index < -0.39 is 5.91 Å². The second-order valence-electron chi connectivity index (χ2n) is 6.91. The number of hydrogen-bond donors (Lipinski definition) is 1. The Morgan fingerprint density at radius 3 is 2.71 bits per heavy atom. The smallest absolute Gasteiger partial charge is 0.276 e. The molecule has 5 rings (SSSR count). The van der Waals surface area contributed by atoms with Gasteiger partial charge in [0.15, 0.2) is 17.2 Å². The van der Waals surface area contributed by atoms with E-state index in [0.29, 0.717) is 22.8 Å². The summed E-state index contributed by atoms with van der Waals surface area (Å²) in [5.41, 5.74) is 3.65.